The second-order valence-electron chi connectivity index (χ2n) is 4.30. The normalized spacial score (nSPS) is 15.8. The maximum Gasteiger partial charge on any atom is 0.123 e. The first-order chi connectivity index (χ1) is 8.31. The molecule has 0 spiro atoms. The van der Waals surface area contributed by atoms with Crippen LogP contribution in [-0.4, -0.2) is 26.0 Å². The molecule has 1 aliphatic rings. The van der Waals surface area contributed by atoms with E-state index in [2.05, 4.69) is 19.4 Å². The monoisotopic (exact) mass is 229 g/mol. The molecule has 0 saturated heterocycles. The number of nitrogens with two attached hydrogens (primary N) is 1. The molecule has 2 aromatic rings. The second-order valence-corrected chi connectivity index (χ2v) is 4.30. The molecular formula is C12H15N5. The Bertz CT molecular complexity index is 519. The quantitative estimate of drug-likeness (QED) is 0.830. The van der Waals surface area contributed by atoms with Gasteiger partial charge in [0.05, 0.1) is 12.2 Å². The Morgan fingerprint density at radius 3 is 3.12 bits per heavy atom. The number of pyridine rings is 1. The molecule has 3 heterocycles. The number of anilines is 1. The summed E-state index contributed by atoms with van der Waals surface area (Å²) in [6, 6.07) is 5.77. The first-order valence-electron chi connectivity index (χ1n) is 5.75. The minimum atomic E-state index is 0.584. The highest BCUT2D eigenvalue weighted by Crippen LogP contribution is 2.13. The highest BCUT2D eigenvalue weighted by Gasteiger charge is 2.16. The number of nitrogens with zero attached hydrogens (tertiary/aromatic N) is 4. The predicted octanol–water partition coefficient (Wildman–Crippen LogP) is 0.876. The topological polar surface area (TPSA) is 60.0 Å². The molecule has 0 amide bonds. The molecule has 17 heavy (non-hydrogen) atoms. The van der Waals surface area contributed by atoms with Crippen LogP contribution in [-0.2, 0) is 19.6 Å². The minimum absolute atomic E-state index is 0.584. The first-order valence-corrected chi connectivity index (χ1v) is 5.75. The van der Waals surface area contributed by atoms with Crippen LogP contribution in [0.5, 0.6) is 0 Å². The molecule has 0 unspecified atom stereocenters. The average Bonchev–Trinajstić information content (AvgIpc) is 2.76. The number of hydrogen-bond acceptors (Lipinski definition) is 4. The molecule has 5 nitrogen and oxygen atoms in total. The lowest BCUT2D eigenvalue weighted by Gasteiger charge is -2.27. The van der Waals surface area contributed by atoms with E-state index < -0.39 is 0 Å². The summed E-state index contributed by atoms with van der Waals surface area (Å²) in [5.74, 6) is 1.71. The number of imidazole rings is 1. The van der Waals surface area contributed by atoms with Crippen LogP contribution in [0, 0.1) is 0 Å². The van der Waals surface area contributed by atoms with Crippen molar-refractivity contribution in [3.05, 3.63) is 42.1 Å². The highest BCUT2D eigenvalue weighted by atomic mass is 15.2. The third-order valence-electron chi connectivity index (χ3n) is 3.04. The zero-order chi connectivity index (χ0) is 11.7. The number of nitrogen functional groups attached to an aromatic ring is 1. The zero-order valence-electron chi connectivity index (χ0n) is 9.58. The van der Waals surface area contributed by atoms with E-state index in [-0.39, 0.29) is 0 Å². The van der Waals surface area contributed by atoms with E-state index in [0.29, 0.717) is 5.82 Å². The molecule has 0 fully saturated rings. The van der Waals surface area contributed by atoms with Gasteiger partial charge in [-0.3, -0.25) is 4.90 Å². The van der Waals surface area contributed by atoms with Crippen LogP contribution in [0.2, 0.25) is 0 Å². The van der Waals surface area contributed by atoms with Gasteiger partial charge >= 0.3 is 0 Å². The van der Waals surface area contributed by atoms with Crippen molar-refractivity contribution in [3.8, 4) is 0 Å². The van der Waals surface area contributed by atoms with Gasteiger partial charge in [0.1, 0.15) is 11.6 Å². The molecule has 1 aliphatic heterocycles. The SMILES string of the molecule is Nc1cccc(CN2CCn3ccnc3C2)n1. The number of hydrogen-bond donors (Lipinski definition) is 1. The summed E-state index contributed by atoms with van der Waals surface area (Å²) in [6.07, 6.45) is 3.89. The third kappa shape index (κ3) is 2.14. The lowest BCUT2D eigenvalue weighted by Crippen LogP contribution is -2.33. The Morgan fingerprint density at radius 2 is 2.24 bits per heavy atom. The van der Waals surface area contributed by atoms with Crippen molar-refractivity contribution >= 4 is 5.82 Å². The van der Waals surface area contributed by atoms with Gasteiger partial charge in [0.2, 0.25) is 0 Å². The zero-order valence-corrected chi connectivity index (χ0v) is 9.58. The molecule has 0 aromatic carbocycles. The fraction of sp³-hybridized carbons (Fsp3) is 0.333. The molecule has 0 radical (unpaired) electrons. The van der Waals surface area contributed by atoms with Gasteiger partial charge in [0.25, 0.3) is 0 Å². The average molecular weight is 229 g/mol. The summed E-state index contributed by atoms with van der Waals surface area (Å²) in [7, 11) is 0. The number of fused-ring (bicyclic) bond motifs is 1. The van der Waals surface area contributed by atoms with Crippen LogP contribution in [0.25, 0.3) is 0 Å². The number of aromatic nitrogens is 3. The first kappa shape index (κ1) is 10.3. The molecule has 0 atom stereocenters. The highest BCUT2D eigenvalue weighted by molar-refractivity contribution is 5.28. The van der Waals surface area contributed by atoms with Gasteiger partial charge in [-0.2, -0.15) is 0 Å². The van der Waals surface area contributed by atoms with E-state index in [9.17, 15) is 0 Å². The van der Waals surface area contributed by atoms with Crippen molar-refractivity contribution in [3.63, 3.8) is 0 Å². The Hall–Kier alpha value is -1.88. The van der Waals surface area contributed by atoms with Crippen molar-refractivity contribution in [1.29, 1.82) is 0 Å². The fourth-order valence-electron chi connectivity index (χ4n) is 2.17. The summed E-state index contributed by atoms with van der Waals surface area (Å²) in [5, 5.41) is 0. The molecule has 3 rings (SSSR count). The van der Waals surface area contributed by atoms with Gasteiger partial charge in [-0.15, -0.1) is 0 Å². The second kappa shape index (κ2) is 4.18. The maximum atomic E-state index is 5.68. The van der Waals surface area contributed by atoms with Crippen molar-refractivity contribution in [2.45, 2.75) is 19.6 Å². The molecule has 88 valence electrons. The third-order valence-corrected chi connectivity index (χ3v) is 3.04. The summed E-state index contributed by atoms with van der Waals surface area (Å²) in [4.78, 5) is 11.0. The van der Waals surface area contributed by atoms with E-state index in [0.717, 1.165) is 37.7 Å². The summed E-state index contributed by atoms with van der Waals surface area (Å²) in [5.41, 5.74) is 6.70. The molecule has 0 bridgehead atoms. The van der Waals surface area contributed by atoms with Gasteiger partial charge in [-0.25, -0.2) is 9.97 Å². The van der Waals surface area contributed by atoms with Crippen LogP contribution in [0.3, 0.4) is 0 Å². The van der Waals surface area contributed by atoms with Gasteiger partial charge < -0.3 is 10.3 Å². The van der Waals surface area contributed by atoms with Crippen LogP contribution >= 0.6 is 0 Å². The summed E-state index contributed by atoms with van der Waals surface area (Å²) < 4.78 is 2.20. The largest absolute Gasteiger partial charge is 0.384 e. The lowest BCUT2D eigenvalue weighted by atomic mass is 10.3. The van der Waals surface area contributed by atoms with Crippen LogP contribution in [0.15, 0.2) is 30.6 Å². The van der Waals surface area contributed by atoms with Gasteiger partial charge in [-0.1, -0.05) is 6.07 Å². The van der Waals surface area contributed by atoms with Crippen molar-refractivity contribution in [1.82, 2.24) is 19.4 Å². The van der Waals surface area contributed by atoms with Crippen LogP contribution in [0.4, 0.5) is 5.82 Å². The van der Waals surface area contributed by atoms with Crippen molar-refractivity contribution < 1.29 is 0 Å². The van der Waals surface area contributed by atoms with Gasteiger partial charge in [0, 0.05) is 32.0 Å². The molecule has 0 saturated carbocycles. The van der Waals surface area contributed by atoms with Gasteiger partial charge in [-0.05, 0) is 12.1 Å². The van der Waals surface area contributed by atoms with Crippen LogP contribution < -0.4 is 5.73 Å². The molecular weight excluding hydrogens is 214 g/mol. The Kier molecular flexibility index (Phi) is 2.53. The maximum absolute atomic E-state index is 5.68. The molecule has 2 aromatic heterocycles. The Labute approximate surface area is 99.9 Å². The number of rotatable bonds is 2. The smallest absolute Gasteiger partial charge is 0.123 e. The molecule has 2 N–H and O–H groups in total. The fourth-order valence-corrected chi connectivity index (χ4v) is 2.17. The minimum Gasteiger partial charge on any atom is -0.384 e. The molecule has 5 heteroatoms. The van der Waals surface area contributed by atoms with Crippen LogP contribution in [0.1, 0.15) is 11.5 Å². The summed E-state index contributed by atoms with van der Waals surface area (Å²) in [6.45, 7) is 3.73. The van der Waals surface area contributed by atoms with E-state index >= 15 is 0 Å². The van der Waals surface area contributed by atoms with E-state index in [1.165, 1.54) is 0 Å². The van der Waals surface area contributed by atoms with Crippen molar-refractivity contribution in [2.24, 2.45) is 0 Å². The Balaban J connectivity index is 1.72. The predicted molar refractivity (Wildman–Crippen MR) is 65.0 cm³/mol. The lowest BCUT2D eigenvalue weighted by molar-refractivity contribution is 0.206. The summed E-state index contributed by atoms with van der Waals surface area (Å²) >= 11 is 0. The molecule has 0 aliphatic carbocycles. The standard InChI is InChI=1S/C12H15N5/c13-11-3-1-2-10(15-11)8-16-6-7-17-5-4-14-12(17)9-16/h1-5H,6-9H2,(H2,13,15). The van der Waals surface area contributed by atoms with E-state index in [4.69, 9.17) is 5.73 Å². The van der Waals surface area contributed by atoms with E-state index in [1.807, 2.05) is 30.6 Å². The Morgan fingerprint density at radius 1 is 1.29 bits per heavy atom. The van der Waals surface area contributed by atoms with Crippen molar-refractivity contribution in [2.75, 3.05) is 12.3 Å². The van der Waals surface area contributed by atoms with E-state index in [1.54, 1.807) is 0 Å². The van der Waals surface area contributed by atoms with Gasteiger partial charge in [0.15, 0.2) is 0 Å².